The number of hydrogen-bond acceptors (Lipinski definition) is 19. The van der Waals surface area contributed by atoms with Crippen molar-refractivity contribution < 1.29 is 95.1 Å². The molecule has 2 N–H and O–H groups in total. The summed E-state index contributed by atoms with van der Waals surface area (Å²) >= 11 is 0. The quantitative estimate of drug-likeness (QED) is 0.0209. The van der Waals surface area contributed by atoms with Crippen molar-refractivity contribution in [1.82, 2.24) is 0 Å². The van der Waals surface area contributed by atoms with Crippen LogP contribution in [0.25, 0.3) is 0 Å². The van der Waals surface area contributed by atoms with Crippen molar-refractivity contribution in [2.45, 2.75) is 158 Å². The lowest BCUT2D eigenvalue weighted by Crippen LogP contribution is -2.25. The van der Waals surface area contributed by atoms with E-state index in [0.717, 1.165) is 45.5 Å². The molecule has 20 nitrogen and oxygen atoms in total. The highest BCUT2D eigenvalue weighted by Crippen LogP contribution is 2.50. The molecule has 0 saturated heterocycles. The van der Waals surface area contributed by atoms with Crippen molar-refractivity contribution in [1.29, 1.82) is 0 Å². The van der Waals surface area contributed by atoms with Crippen LogP contribution in [0.5, 0.6) is 23.0 Å². The Labute approximate surface area is 536 Å². The van der Waals surface area contributed by atoms with Gasteiger partial charge in [-0.05, 0) is 103 Å². The normalized spacial score (nSPS) is 16.1. The highest BCUT2D eigenvalue weighted by atomic mass is 31.2. The van der Waals surface area contributed by atoms with Gasteiger partial charge in [0.2, 0.25) is 14.7 Å². The highest BCUT2D eigenvalue weighted by Gasteiger charge is 2.36. The zero-order valence-corrected chi connectivity index (χ0v) is 60.4. The number of esters is 5. The topological polar surface area (TPSA) is 269 Å². The highest BCUT2D eigenvalue weighted by molar-refractivity contribution is 7.59. The first-order valence-electron chi connectivity index (χ1n) is 30.9. The third-order valence-electron chi connectivity index (χ3n) is 15.7. The number of rotatable bonds is 37. The number of phenolic OH excluding ortho intramolecular Hbond substituents is 1. The Morgan fingerprint density at radius 2 is 1.02 bits per heavy atom. The van der Waals surface area contributed by atoms with Gasteiger partial charge in [-0.25, -0.2) is 9.59 Å². The van der Waals surface area contributed by atoms with E-state index in [0.29, 0.717) is 66.4 Å². The van der Waals surface area contributed by atoms with Crippen LogP contribution in [0.1, 0.15) is 121 Å². The lowest BCUT2D eigenvalue weighted by atomic mass is 9.93. The molecule has 2 aromatic carbocycles. The molecule has 0 fully saturated rings. The molecule has 504 valence electrons. The molecule has 0 aromatic heterocycles. The number of fused-ring (bicyclic) bond motifs is 2. The number of hydrogen-bond donors (Lipinski definition) is 2. The van der Waals surface area contributed by atoms with Gasteiger partial charge in [-0.3, -0.25) is 28.3 Å². The van der Waals surface area contributed by atoms with Gasteiger partial charge in [0.15, 0.2) is 0 Å². The molecule has 0 amide bonds. The number of carboxylic acid groups (broad SMARTS) is 1. The molecule has 2 aliphatic rings. The second-order valence-corrected chi connectivity index (χ2v) is 42.2. The summed E-state index contributed by atoms with van der Waals surface area (Å²) in [5.41, 5.74) is 6.56. The van der Waals surface area contributed by atoms with Gasteiger partial charge in [0, 0.05) is 77.3 Å². The summed E-state index contributed by atoms with van der Waals surface area (Å²) in [7, 11) is -3.25. The standard InChI is InChI=1S/C38H63O10PSi2.C28H39O10P/c1-13-45-36(39)28(3)26-49(42,44-6)21-15-14-16-30(37(40)47-20-23-51(10,11)12)24-27(2)17-18-31-34(43-5)29(4)32-25-48-38(41)33(32)35(31)46-19-22-50(7,8)9;1-7-37-27(32)18(3)16-39(34,36-6)13-9-8-10-20(26(30)31)14-17(2)11-12-21-24(29)23-22(15-38-28(23)33)19(4)25(21)35-5/h14-15,17,28,30H,13,16,18-26H2,1-12H3;8-9,11,18,20,29H,7,10,12-16H2,1-6H3,(H,30,31)/b15-14+,27-17+;9-8+,17-11+/t28-,30?,49?;18-,20?,39?/m11/s1. The van der Waals surface area contributed by atoms with Crippen LogP contribution in [0, 0.1) is 37.5 Å². The predicted molar refractivity (Wildman–Crippen MR) is 355 cm³/mol. The Bertz CT molecular complexity index is 3060. The molecule has 0 radical (unpaired) electrons. The first-order chi connectivity index (χ1) is 42.1. The molecule has 6 atom stereocenters. The van der Waals surface area contributed by atoms with Crippen molar-refractivity contribution in [3.8, 4) is 23.0 Å². The molecule has 4 unspecified atom stereocenters. The van der Waals surface area contributed by atoms with Gasteiger partial charge in [0.05, 0.1) is 64.3 Å². The van der Waals surface area contributed by atoms with Crippen LogP contribution in [-0.2, 0) is 87.1 Å². The van der Waals surface area contributed by atoms with Crippen LogP contribution < -0.4 is 14.2 Å². The van der Waals surface area contributed by atoms with E-state index in [4.69, 9.17) is 46.9 Å². The largest absolute Gasteiger partial charge is 0.507 e. The van der Waals surface area contributed by atoms with E-state index in [1.54, 1.807) is 73.0 Å². The molecular weight excluding hydrogens is 1230 g/mol. The average molecular weight is 1330 g/mol. The van der Waals surface area contributed by atoms with Crippen LogP contribution in [0.3, 0.4) is 0 Å². The van der Waals surface area contributed by atoms with Crippen molar-refractivity contribution in [3.05, 3.63) is 92.1 Å². The lowest BCUT2D eigenvalue weighted by molar-refractivity contribution is -0.148. The van der Waals surface area contributed by atoms with Gasteiger partial charge >= 0.3 is 35.8 Å². The number of benzene rings is 2. The third-order valence-corrected chi connectivity index (χ3v) is 24.2. The van der Waals surface area contributed by atoms with Crippen molar-refractivity contribution in [3.63, 3.8) is 0 Å². The second kappa shape index (κ2) is 36.5. The monoisotopic (exact) mass is 1330 g/mol. The molecule has 0 bridgehead atoms. The Morgan fingerprint density at radius 1 is 0.600 bits per heavy atom. The molecule has 0 spiro atoms. The number of carboxylic acids is 1. The minimum atomic E-state index is -3.14. The summed E-state index contributed by atoms with van der Waals surface area (Å²) in [6.07, 6.45) is 13.0. The Hall–Kier alpha value is -5.77. The van der Waals surface area contributed by atoms with E-state index in [1.165, 1.54) is 21.3 Å². The number of phenols is 1. The summed E-state index contributed by atoms with van der Waals surface area (Å²) in [5.74, 6) is -3.94. The zero-order chi connectivity index (χ0) is 67.9. The maximum atomic E-state index is 13.4. The molecule has 24 heteroatoms. The number of cyclic esters (lactones) is 2. The van der Waals surface area contributed by atoms with Gasteiger partial charge in [0.1, 0.15) is 47.3 Å². The van der Waals surface area contributed by atoms with Crippen molar-refractivity contribution in [2.24, 2.45) is 23.7 Å². The maximum absolute atomic E-state index is 13.4. The lowest BCUT2D eigenvalue weighted by Gasteiger charge is -2.22. The first-order valence-corrected chi connectivity index (χ1v) is 42.3. The summed E-state index contributed by atoms with van der Waals surface area (Å²) in [4.78, 5) is 74.4. The number of aromatic hydroxyl groups is 1. The summed E-state index contributed by atoms with van der Waals surface area (Å²) in [6.45, 7) is 29.5. The van der Waals surface area contributed by atoms with E-state index in [9.17, 15) is 48.1 Å². The van der Waals surface area contributed by atoms with Crippen molar-refractivity contribution in [2.75, 3.05) is 79.5 Å². The first kappa shape index (κ1) is 78.5. The number of carbonyl (C=O) groups is 6. The number of ether oxygens (including phenoxy) is 8. The average Bonchev–Trinajstić information content (AvgIpc) is 1.52. The fourth-order valence-electron chi connectivity index (χ4n) is 10.3. The zero-order valence-electron chi connectivity index (χ0n) is 56.6. The van der Waals surface area contributed by atoms with Gasteiger partial charge in [-0.1, -0.05) is 101 Å². The molecular formula is C66H102O20P2Si2. The van der Waals surface area contributed by atoms with Crippen LogP contribution >= 0.6 is 14.7 Å². The summed E-state index contributed by atoms with van der Waals surface area (Å²) < 4.78 is 81.1. The van der Waals surface area contributed by atoms with E-state index in [2.05, 4.69) is 45.4 Å². The fraction of sp³-hybridized carbons (Fsp3) is 0.606. The molecule has 0 saturated carbocycles. The van der Waals surface area contributed by atoms with Crippen LogP contribution in [-0.4, -0.2) is 142 Å². The van der Waals surface area contributed by atoms with Gasteiger partial charge in [0.25, 0.3) is 0 Å². The summed E-state index contributed by atoms with van der Waals surface area (Å²) in [6, 6.07) is 1.80. The number of allylic oxidation sites excluding steroid dienone is 8. The van der Waals surface area contributed by atoms with Crippen LogP contribution in [0.15, 0.2) is 47.6 Å². The van der Waals surface area contributed by atoms with Gasteiger partial charge in [-0.2, -0.15) is 0 Å². The molecule has 4 rings (SSSR count). The molecule has 0 aliphatic carbocycles. The minimum absolute atomic E-state index is 0.0348. The maximum Gasteiger partial charge on any atom is 0.342 e. The van der Waals surface area contributed by atoms with E-state index >= 15 is 0 Å². The van der Waals surface area contributed by atoms with Crippen LogP contribution in [0.2, 0.25) is 51.4 Å². The smallest absolute Gasteiger partial charge is 0.342 e. The molecule has 2 aliphatic heterocycles. The van der Waals surface area contributed by atoms with Gasteiger partial charge < -0.3 is 57.2 Å². The molecule has 2 heterocycles. The molecule has 90 heavy (non-hydrogen) atoms. The third kappa shape index (κ3) is 24.0. The second-order valence-electron chi connectivity index (χ2n) is 25.5. The Morgan fingerprint density at radius 3 is 1.47 bits per heavy atom. The number of carbonyl (C=O) groups excluding carboxylic acids is 5. The van der Waals surface area contributed by atoms with E-state index < -0.39 is 78.4 Å². The predicted octanol–water partition coefficient (Wildman–Crippen LogP) is 13.9. The Balaban J connectivity index is 0.000000487. The molecule has 2 aromatic rings. The Kier molecular flexibility index (Phi) is 31.8. The van der Waals surface area contributed by atoms with Gasteiger partial charge in [-0.15, -0.1) is 0 Å². The minimum Gasteiger partial charge on any atom is -0.507 e. The van der Waals surface area contributed by atoms with Crippen LogP contribution in [0.4, 0.5) is 0 Å². The fourth-order valence-corrected chi connectivity index (χ4v) is 15.5. The SMILES string of the molecule is CCOC(=O)[C@H](C)CP(=O)(C/C=C/CC(C/C(C)=C/Cc1c(O)c2c(c(C)c1OC)COC2=O)C(=O)O)OC.CCOC(=O)[C@H](C)CP(=O)(C/C=C/CC(C/C(C)=C/Cc1c(OC)c(C)c2c(c1OCC[Si](C)(C)C)C(=O)OC2)C(=O)OCC[Si](C)(C)C)OC. The number of aliphatic carboxylic acids is 1. The van der Waals surface area contributed by atoms with E-state index in [1.807, 2.05) is 19.9 Å². The van der Waals surface area contributed by atoms with E-state index in [-0.39, 0.29) is 93.6 Å². The van der Waals surface area contributed by atoms with Crippen molar-refractivity contribution >= 4 is 66.7 Å². The summed E-state index contributed by atoms with van der Waals surface area (Å²) in [5, 5.41) is 20.5. The number of methoxy groups -OCH3 is 2.